The second-order valence-corrected chi connectivity index (χ2v) is 6.59. The van der Waals surface area contributed by atoms with Crippen LogP contribution in [0.1, 0.15) is 5.82 Å². The Hall–Kier alpha value is -1.76. The van der Waals surface area contributed by atoms with E-state index in [4.69, 9.17) is 23.2 Å². The number of nitrogens with one attached hydrogen (secondary N) is 1. The molecule has 0 unspecified atom stereocenters. The molecule has 8 heteroatoms. The number of benzene rings is 1. The van der Waals surface area contributed by atoms with Crippen LogP contribution in [0.4, 0.5) is 10.5 Å². The van der Waals surface area contributed by atoms with Gasteiger partial charge in [-0.15, -0.1) is 0 Å². The number of hydrogen-bond acceptors (Lipinski definition) is 3. The van der Waals surface area contributed by atoms with Crippen LogP contribution in [0.3, 0.4) is 0 Å². The van der Waals surface area contributed by atoms with Gasteiger partial charge in [0.25, 0.3) is 0 Å². The average Bonchev–Trinajstić information content (AvgIpc) is 2.97. The van der Waals surface area contributed by atoms with Crippen molar-refractivity contribution < 1.29 is 4.79 Å². The molecule has 1 fully saturated rings. The van der Waals surface area contributed by atoms with Crippen LogP contribution in [0, 0.1) is 0 Å². The number of rotatable bonds is 3. The lowest BCUT2D eigenvalue weighted by atomic mass is 10.3. The standard InChI is InChI=1S/C16H19Cl2N5O/c1-21-5-4-19-15(21)11-22-6-8-23(9-7-22)16(24)20-12-2-3-13(17)14(18)10-12/h2-5,10H,6-9,11H2,1H3,(H,20,24). The van der Waals surface area contributed by atoms with Crippen LogP contribution in [0.25, 0.3) is 0 Å². The average molecular weight is 368 g/mol. The molecule has 1 aliphatic rings. The summed E-state index contributed by atoms with van der Waals surface area (Å²) in [4.78, 5) is 20.8. The summed E-state index contributed by atoms with van der Waals surface area (Å²) in [7, 11) is 1.99. The number of aromatic nitrogens is 2. The summed E-state index contributed by atoms with van der Waals surface area (Å²) in [6.45, 7) is 3.80. The van der Waals surface area contributed by atoms with E-state index in [9.17, 15) is 4.79 Å². The lowest BCUT2D eigenvalue weighted by Gasteiger charge is -2.34. The fourth-order valence-electron chi connectivity index (χ4n) is 2.63. The highest BCUT2D eigenvalue weighted by atomic mass is 35.5. The maximum absolute atomic E-state index is 12.3. The van der Waals surface area contributed by atoms with E-state index in [2.05, 4.69) is 15.2 Å². The Morgan fingerprint density at radius 1 is 1.21 bits per heavy atom. The molecule has 6 nitrogen and oxygen atoms in total. The van der Waals surface area contributed by atoms with Crippen molar-refractivity contribution >= 4 is 34.9 Å². The van der Waals surface area contributed by atoms with E-state index < -0.39 is 0 Å². The lowest BCUT2D eigenvalue weighted by Crippen LogP contribution is -2.49. The van der Waals surface area contributed by atoms with Crippen LogP contribution in [-0.4, -0.2) is 51.6 Å². The van der Waals surface area contributed by atoms with Gasteiger partial charge in [0.05, 0.1) is 16.6 Å². The summed E-state index contributed by atoms with van der Waals surface area (Å²) in [6, 6.07) is 4.94. The predicted octanol–water partition coefficient (Wildman–Crippen LogP) is 3.08. The maximum Gasteiger partial charge on any atom is 0.321 e. The smallest absolute Gasteiger partial charge is 0.321 e. The van der Waals surface area contributed by atoms with Gasteiger partial charge in [-0.2, -0.15) is 0 Å². The highest BCUT2D eigenvalue weighted by molar-refractivity contribution is 6.42. The largest absolute Gasteiger partial charge is 0.337 e. The van der Waals surface area contributed by atoms with E-state index in [0.717, 1.165) is 25.5 Å². The van der Waals surface area contributed by atoms with E-state index in [0.29, 0.717) is 28.8 Å². The van der Waals surface area contributed by atoms with Crippen molar-refractivity contribution in [1.82, 2.24) is 19.4 Å². The first-order valence-electron chi connectivity index (χ1n) is 7.72. The molecule has 1 aromatic carbocycles. The van der Waals surface area contributed by atoms with Crippen molar-refractivity contribution in [3.05, 3.63) is 46.5 Å². The molecule has 128 valence electrons. The zero-order chi connectivity index (χ0) is 17.1. The molecule has 2 heterocycles. The van der Waals surface area contributed by atoms with Crippen molar-refractivity contribution in [3.63, 3.8) is 0 Å². The third-order valence-electron chi connectivity index (χ3n) is 4.12. The molecule has 0 atom stereocenters. The van der Waals surface area contributed by atoms with Gasteiger partial charge < -0.3 is 14.8 Å². The number of anilines is 1. The van der Waals surface area contributed by atoms with Gasteiger partial charge in [0.2, 0.25) is 0 Å². The van der Waals surface area contributed by atoms with Crippen LogP contribution in [-0.2, 0) is 13.6 Å². The number of amides is 2. The molecule has 3 rings (SSSR count). The number of aryl methyl sites for hydroxylation is 1. The highest BCUT2D eigenvalue weighted by Gasteiger charge is 2.22. The van der Waals surface area contributed by atoms with Crippen molar-refractivity contribution in [2.45, 2.75) is 6.54 Å². The minimum absolute atomic E-state index is 0.120. The van der Waals surface area contributed by atoms with Gasteiger partial charge in [-0.05, 0) is 18.2 Å². The Labute approximate surface area is 151 Å². The number of carbonyl (C=O) groups excluding carboxylic acids is 1. The van der Waals surface area contributed by atoms with Crippen LogP contribution in [0.5, 0.6) is 0 Å². The number of nitrogens with zero attached hydrogens (tertiary/aromatic N) is 4. The minimum atomic E-state index is -0.120. The Bertz CT molecular complexity index is 725. The molecule has 1 aromatic heterocycles. The van der Waals surface area contributed by atoms with E-state index in [1.54, 1.807) is 29.3 Å². The van der Waals surface area contributed by atoms with Gasteiger partial charge in [-0.3, -0.25) is 4.90 Å². The van der Waals surface area contributed by atoms with Gasteiger partial charge in [-0.25, -0.2) is 9.78 Å². The second-order valence-electron chi connectivity index (χ2n) is 5.78. The minimum Gasteiger partial charge on any atom is -0.337 e. The molecule has 0 saturated carbocycles. The molecular formula is C16H19Cl2N5O. The van der Waals surface area contributed by atoms with Crippen LogP contribution in [0.15, 0.2) is 30.6 Å². The summed E-state index contributed by atoms with van der Waals surface area (Å²) < 4.78 is 2.02. The van der Waals surface area contributed by atoms with E-state index in [1.165, 1.54) is 0 Å². The fourth-order valence-corrected chi connectivity index (χ4v) is 2.93. The molecular weight excluding hydrogens is 349 g/mol. The number of halogens is 2. The zero-order valence-electron chi connectivity index (χ0n) is 13.4. The molecule has 2 aromatic rings. The third kappa shape index (κ3) is 4.01. The third-order valence-corrected chi connectivity index (χ3v) is 4.86. The quantitative estimate of drug-likeness (QED) is 0.906. The van der Waals surface area contributed by atoms with Crippen LogP contribution < -0.4 is 5.32 Å². The van der Waals surface area contributed by atoms with Gasteiger partial charge >= 0.3 is 6.03 Å². The molecule has 24 heavy (non-hydrogen) atoms. The van der Waals surface area contributed by atoms with Gasteiger partial charge in [-0.1, -0.05) is 23.2 Å². The molecule has 2 amide bonds. The lowest BCUT2D eigenvalue weighted by molar-refractivity contribution is 0.140. The Morgan fingerprint density at radius 2 is 1.96 bits per heavy atom. The summed E-state index contributed by atoms with van der Waals surface area (Å²) in [5.74, 6) is 1.03. The molecule has 0 bridgehead atoms. The summed E-state index contributed by atoms with van der Waals surface area (Å²) in [6.07, 6.45) is 3.74. The molecule has 1 aliphatic heterocycles. The van der Waals surface area contributed by atoms with Gasteiger partial charge in [0.1, 0.15) is 5.82 Å². The Morgan fingerprint density at radius 3 is 2.58 bits per heavy atom. The van der Waals surface area contributed by atoms with Crippen molar-refractivity contribution in [2.75, 3.05) is 31.5 Å². The van der Waals surface area contributed by atoms with E-state index in [1.807, 2.05) is 17.8 Å². The molecule has 1 saturated heterocycles. The first-order chi connectivity index (χ1) is 11.5. The first kappa shape index (κ1) is 17.1. The first-order valence-corrected chi connectivity index (χ1v) is 8.48. The van der Waals surface area contributed by atoms with Crippen LogP contribution >= 0.6 is 23.2 Å². The van der Waals surface area contributed by atoms with Crippen molar-refractivity contribution in [2.24, 2.45) is 7.05 Å². The topological polar surface area (TPSA) is 53.4 Å². The number of urea groups is 1. The second kappa shape index (κ2) is 7.42. The van der Waals surface area contributed by atoms with Gasteiger partial charge in [0, 0.05) is 51.3 Å². The van der Waals surface area contributed by atoms with Crippen molar-refractivity contribution in [3.8, 4) is 0 Å². The van der Waals surface area contributed by atoms with E-state index >= 15 is 0 Å². The zero-order valence-corrected chi connectivity index (χ0v) is 14.9. The Balaban J connectivity index is 1.51. The normalized spacial score (nSPS) is 15.5. The summed E-state index contributed by atoms with van der Waals surface area (Å²) in [5.41, 5.74) is 0.643. The monoisotopic (exact) mass is 367 g/mol. The van der Waals surface area contributed by atoms with E-state index in [-0.39, 0.29) is 6.03 Å². The Kier molecular flexibility index (Phi) is 5.28. The number of carbonyl (C=O) groups is 1. The fraction of sp³-hybridized carbons (Fsp3) is 0.375. The molecule has 0 spiro atoms. The number of piperazine rings is 1. The highest BCUT2D eigenvalue weighted by Crippen LogP contribution is 2.25. The molecule has 1 N–H and O–H groups in total. The SMILES string of the molecule is Cn1ccnc1CN1CCN(C(=O)Nc2ccc(Cl)c(Cl)c2)CC1. The predicted molar refractivity (Wildman–Crippen MR) is 95.5 cm³/mol. The van der Waals surface area contributed by atoms with Gasteiger partial charge in [0.15, 0.2) is 0 Å². The maximum atomic E-state index is 12.3. The molecule has 0 radical (unpaired) electrons. The summed E-state index contributed by atoms with van der Waals surface area (Å²) >= 11 is 11.9. The van der Waals surface area contributed by atoms with Crippen molar-refractivity contribution in [1.29, 1.82) is 0 Å². The van der Waals surface area contributed by atoms with Crippen LogP contribution in [0.2, 0.25) is 10.0 Å². The number of imidazole rings is 1. The number of hydrogen-bond donors (Lipinski definition) is 1. The molecule has 0 aliphatic carbocycles. The summed E-state index contributed by atoms with van der Waals surface area (Å²) in [5, 5.41) is 3.75.